The molecule has 0 atom stereocenters. The van der Waals surface area contributed by atoms with Crippen molar-refractivity contribution in [1.29, 1.82) is 0 Å². The standard InChI is InChI=1S/C9H12N4O2/c1-5-7(8(14)15-3)4-13-9(10-5)11-6(2)12-13/h4H2,1-3H3,(H,10,11,12). The van der Waals surface area contributed by atoms with Crippen LogP contribution in [0.4, 0.5) is 5.95 Å². The second-order valence-corrected chi connectivity index (χ2v) is 3.36. The van der Waals surface area contributed by atoms with E-state index in [1.807, 2.05) is 6.92 Å². The maximum Gasteiger partial charge on any atom is 0.337 e. The summed E-state index contributed by atoms with van der Waals surface area (Å²) >= 11 is 0. The Labute approximate surface area is 86.9 Å². The van der Waals surface area contributed by atoms with E-state index >= 15 is 0 Å². The topological polar surface area (TPSA) is 69.0 Å². The van der Waals surface area contributed by atoms with Crippen LogP contribution in [-0.4, -0.2) is 27.8 Å². The monoisotopic (exact) mass is 208 g/mol. The average molecular weight is 208 g/mol. The lowest BCUT2D eigenvalue weighted by Crippen LogP contribution is -2.23. The number of nitrogens with zero attached hydrogens (tertiary/aromatic N) is 3. The molecule has 0 aliphatic carbocycles. The average Bonchev–Trinajstić information content (AvgIpc) is 2.55. The number of ether oxygens (including phenoxy) is 1. The van der Waals surface area contributed by atoms with Crippen LogP contribution in [0.1, 0.15) is 12.7 Å². The van der Waals surface area contributed by atoms with Gasteiger partial charge in [-0.05, 0) is 13.8 Å². The minimum atomic E-state index is -0.334. The highest BCUT2D eigenvalue weighted by Gasteiger charge is 2.22. The normalized spacial score (nSPS) is 14.6. The number of aromatic nitrogens is 3. The number of methoxy groups -OCH3 is 1. The quantitative estimate of drug-likeness (QED) is 0.679. The first-order valence-corrected chi connectivity index (χ1v) is 4.58. The molecule has 6 nitrogen and oxygen atoms in total. The van der Waals surface area contributed by atoms with Gasteiger partial charge in [-0.2, -0.15) is 10.1 Å². The summed E-state index contributed by atoms with van der Waals surface area (Å²) in [5.41, 5.74) is 1.34. The second kappa shape index (κ2) is 3.38. The summed E-state index contributed by atoms with van der Waals surface area (Å²) in [6.07, 6.45) is 0. The number of allylic oxidation sites excluding steroid dienone is 1. The summed E-state index contributed by atoms with van der Waals surface area (Å²) in [5.74, 6) is 1.01. The van der Waals surface area contributed by atoms with Gasteiger partial charge in [0, 0.05) is 5.70 Å². The maximum atomic E-state index is 11.4. The molecule has 6 heteroatoms. The summed E-state index contributed by atoms with van der Waals surface area (Å²) in [7, 11) is 1.37. The Kier molecular flexibility index (Phi) is 2.18. The summed E-state index contributed by atoms with van der Waals surface area (Å²) in [6, 6.07) is 0. The van der Waals surface area contributed by atoms with Gasteiger partial charge in [0.15, 0.2) is 0 Å². The lowest BCUT2D eigenvalue weighted by molar-refractivity contribution is -0.136. The Morgan fingerprint density at radius 2 is 2.27 bits per heavy atom. The molecule has 0 fully saturated rings. The first-order chi connectivity index (χ1) is 7.11. The van der Waals surface area contributed by atoms with E-state index in [9.17, 15) is 4.79 Å². The second-order valence-electron chi connectivity index (χ2n) is 3.36. The third-order valence-corrected chi connectivity index (χ3v) is 2.27. The largest absolute Gasteiger partial charge is 0.466 e. The van der Waals surface area contributed by atoms with E-state index in [0.29, 0.717) is 23.9 Å². The Morgan fingerprint density at radius 1 is 1.53 bits per heavy atom. The molecule has 0 bridgehead atoms. The van der Waals surface area contributed by atoms with Crippen LogP contribution in [0.5, 0.6) is 0 Å². The molecule has 1 aliphatic rings. The summed E-state index contributed by atoms with van der Waals surface area (Å²) in [5, 5.41) is 7.17. The molecule has 1 aromatic heterocycles. The van der Waals surface area contributed by atoms with E-state index < -0.39 is 0 Å². The van der Waals surface area contributed by atoms with Crippen molar-refractivity contribution in [1.82, 2.24) is 14.8 Å². The molecule has 2 heterocycles. The first-order valence-electron chi connectivity index (χ1n) is 4.58. The van der Waals surface area contributed by atoms with Crippen LogP contribution >= 0.6 is 0 Å². The zero-order chi connectivity index (χ0) is 11.0. The Bertz CT molecular complexity index is 447. The third kappa shape index (κ3) is 1.58. The van der Waals surface area contributed by atoms with Crippen molar-refractivity contribution in [2.24, 2.45) is 0 Å². The van der Waals surface area contributed by atoms with E-state index in [2.05, 4.69) is 20.1 Å². The molecular formula is C9H12N4O2. The van der Waals surface area contributed by atoms with Gasteiger partial charge < -0.3 is 10.1 Å². The van der Waals surface area contributed by atoms with Gasteiger partial charge in [0.05, 0.1) is 19.2 Å². The number of carbonyl (C=O) groups is 1. The van der Waals surface area contributed by atoms with Crippen LogP contribution in [0, 0.1) is 6.92 Å². The Morgan fingerprint density at radius 3 is 2.93 bits per heavy atom. The fourth-order valence-electron chi connectivity index (χ4n) is 1.51. The van der Waals surface area contributed by atoms with Gasteiger partial charge in [-0.25, -0.2) is 9.48 Å². The molecule has 0 spiro atoms. The molecule has 0 radical (unpaired) electrons. The molecule has 1 aromatic rings. The number of carbonyl (C=O) groups excluding carboxylic acids is 1. The van der Waals surface area contributed by atoms with Gasteiger partial charge >= 0.3 is 5.97 Å². The van der Waals surface area contributed by atoms with Crippen molar-refractivity contribution in [3.8, 4) is 0 Å². The van der Waals surface area contributed by atoms with E-state index in [0.717, 1.165) is 5.70 Å². The van der Waals surface area contributed by atoms with Crippen LogP contribution in [0.25, 0.3) is 0 Å². The number of esters is 1. The van der Waals surface area contributed by atoms with Gasteiger partial charge in [-0.15, -0.1) is 0 Å². The third-order valence-electron chi connectivity index (χ3n) is 2.27. The van der Waals surface area contributed by atoms with Crippen LogP contribution in [0.3, 0.4) is 0 Å². The summed E-state index contributed by atoms with van der Waals surface area (Å²) in [4.78, 5) is 15.6. The summed E-state index contributed by atoms with van der Waals surface area (Å²) in [6.45, 7) is 4.03. The highest BCUT2D eigenvalue weighted by atomic mass is 16.5. The Hall–Kier alpha value is -1.85. The molecule has 15 heavy (non-hydrogen) atoms. The maximum absolute atomic E-state index is 11.4. The lowest BCUT2D eigenvalue weighted by Gasteiger charge is -2.18. The van der Waals surface area contributed by atoms with Crippen molar-refractivity contribution in [2.75, 3.05) is 12.4 Å². The highest BCUT2D eigenvalue weighted by molar-refractivity contribution is 5.90. The van der Waals surface area contributed by atoms with E-state index in [4.69, 9.17) is 0 Å². The molecule has 1 aliphatic heterocycles. The molecule has 0 saturated heterocycles. The molecule has 2 rings (SSSR count). The van der Waals surface area contributed by atoms with E-state index in [1.165, 1.54) is 7.11 Å². The van der Waals surface area contributed by atoms with E-state index in [-0.39, 0.29) is 5.97 Å². The van der Waals surface area contributed by atoms with Gasteiger partial charge in [0.25, 0.3) is 0 Å². The molecule has 0 amide bonds. The molecular weight excluding hydrogens is 196 g/mol. The number of fused-ring (bicyclic) bond motifs is 1. The molecule has 0 aromatic carbocycles. The van der Waals surface area contributed by atoms with Crippen molar-refractivity contribution in [2.45, 2.75) is 20.4 Å². The fourth-order valence-corrected chi connectivity index (χ4v) is 1.51. The highest BCUT2D eigenvalue weighted by Crippen LogP contribution is 2.19. The first kappa shape index (κ1) is 9.70. The summed E-state index contributed by atoms with van der Waals surface area (Å²) < 4.78 is 6.33. The minimum absolute atomic E-state index is 0.334. The van der Waals surface area contributed by atoms with E-state index in [1.54, 1.807) is 11.6 Å². The predicted octanol–water partition coefficient (Wildman–Crippen LogP) is 0.459. The van der Waals surface area contributed by atoms with Gasteiger partial charge in [0.1, 0.15) is 5.82 Å². The Balaban J connectivity index is 2.34. The molecule has 0 saturated carbocycles. The zero-order valence-corrected chi connectivity index (χ0v) is 8.87. The van der Waals surface area contributed by atoms with Gasteiger partial charge in [-0.3, -0.25) is 0 Å². The van der Waals surface area contributed by atoms with Gasteiger partial charge in [0.2, 0.25) is 5.95 Å². The number of nitrogens with one attached hydrogen (secondary N) is 1. The molecule has 1 N–H and O–H groups in total. The van der Waals surface area contributed by atoms with Crippen molar-refractivity contribution < 1.29 is 9.53 Å². The van der Waals surface area contributed by atoms with Crippen molar-refractivity contribution in [3.05, 3.63) is 17.1 Å². The fraction of sp³-hybridized carbons (Fsp3) is 0.444. The zero-order valence-electron chi connectivity index (χ0n) is 8.87. The number of hydrogen-bond donors (Lipinski definition) is 1. The molecule has 0 unspecified atom stereocenters. The lowest BCUT2D eigenvalue weighted by atomic mass is 10.2. The van der Waals surface area contributed by atoms with Crippen molar-refractivity contribution in [3.63, 3.8) is 0 Å². The number of hydrogen-bond acceptors (Lipinski definition) is 5. The van der Waals surface area contributed by atoms with Gasteiger partial charge in [-0.1, -0.05) is 0 Å². The predicted molar refractivity (Wildman–Crippen MR) is 53.1 cm³/mol. The number of anilines is 1. The number of rotatable bonds is 1. The minimum Gasteiger partial charge on any atom is -0.466 e. The van der Waals surface area contributed by atoms with Crippen LogP contribution in [-0.2, 0) is 16.1 Å². The van der Waals surface area contributed by atoms with Crippen LogP contribution < -0.4 is 5.32 Å². The number of aryl methyl sites for hydroxylation is 1. The SMILES string of the molecule is COC(=O)C1=C(C)Nc2nc(C)nn2C1. The van der Waals surface area contributed by atoms with Crippen LogP contribution in [0.2, 0.25) is 0 Å². The molecule has 80 valence electrons. The van der Waals surface area contributed by atoms with Crippen LogP contribution in [0.15, 0.2) is 11.3 Å². The smallest absolute Gasteiger partial charge is 0.337 e. The van der Waals surface area contributed by atoms with Crippen molar-refractivity contribution >= 4 is 11.9 Å².